The van der Waals surface area contributed by atoms with Crippen LogP contribution in [-0.4, -0.2) is 18.5 Å². The zero-order valence-electron chi connectivity index (χ0n) is 16.6. The highest BCUT2D eigenvalue weighted by Crippen LogP contribution is 2.48. The topological polar surface area (TPSA) is 17.1 Å². The molecule has 0 N–H and O–H groups in total. The Kier molecular flexibility index (Phi) is 12.8. The predicted molar refractivity (Wildman–Crippen MR) is 115 cm³/mol. The van der Waals surface area contributed by atoms with Crippen LogP contribution in [0.4, 0.5) is 0 Å². The van der Waals surface area contributed by atoms with Gasteiger partial charge in [-0.05, 0) is 31.2 Å². The lowest BCUT2D eigenvalue weighted by Crippen LogP contribution is -2.01. The van der Waals surface area contributed by atoms with E-state index < -0.39 is 7.14 Å². The minimum atomic E-state index is -1.95. The van der Waals surface area contributed by atoms with E-state index in [1.165, 1.54) is 56.9 Å². The molecule has 0 saturated carbocycles. The zero-order chi connectivity index (χ0) is 18.2. The van der Waals surface area contributed by atoms with E-state index in [1.807, 2.05) is 6.07 Å². The van der Waals surface area contributed by atoms with Gasteiger partial charge in [0.25, 0.3) is 0 Å². The van der Waals surface area contributed by atoms with Crippen molar-refractivity contribution in [3.8, 4) is 0 Å². The van der Waals surface area contributed by atoms with Gasteiger partial charge in [0.1, 0.15) is 0 Å². The Morgan fingerprint density at radius 3 is 1.88 bits per heavy atom. The van der Waals surface area contributed by atoms with E-state index in [4.69, 9.17) is 0 Å². The summed E-state index contributed by atoms with van der Waals surface area (Å²) in [5.41, 5.74) is 1.25. The lowest BCUT2D eigenvalue weighted by atomic mass is 10.2. The average molecular weight is 363 g/mol. The number of hydrogen-bond acceptors (Lipinski definition) is 1. The molecule has 0 amide bonds. The van der Waals surface area contributed by atoms with Crippen LogP contribution in [0.25, 0.3) is 6.08 Å². The quantitative estimate of drug-likeness (QED) is 0.228. The molecule has 0 aromatic heterocycles. The number of hydrogen-bond donors (Lipinski definition) is 0. The van der Waals surface area contributed by atoms with Crippen molar-refractivity contribution >= 4 is 13.2 Å². The second-order valence-corrected chi connectivity index (χ2v) is 10.8. The van der Waals surface area contributed by atoms with Crippen LogP contribution in [0.1, 0.15) is 83.6 Å². The summed E-state index contributed by atoms with van der Waals surface area (Å²) < 4.78 is 13.3. The van der Waals surface area contributed by atoms with Gasteiger partial charge in [0.15, 0.2) is 0 Å². The molecule has 0 aliphatic rings. The smallest absolute Gasteiger partial charge is 0.0877 e. The minimum absolute atomic E-state index is 0.949. The molecule has 0 saturated heterocycles. The Morgan fingerprint density at radius 1 is 0.760 bits per heavy atom. The van der Waals surface area contributed by atoms with Crippen molar-refractivity contribution in [2.75, 3.05) is 18.5 Å². The van der Waals surface area contributed by atoms with Crippen LogP contribution in [0.15, 0.2) is 36.4 Å². The van der Waals surface area contributed by atoms with Gasteiger partial charge in [0.05, 0.1) is 7.14 Å². The molecule has 25 heavy (non-hydrogen) atoms. The van der Waals surface area contributed by atoms with Crippen molar-refractivity contribution in [3.05, 3.63) is 42.0 Å². The highest BCUT2D eigenvalue weighted by atomic mass is 31.2. The summed E-state index contributed by atoms with van der Waals surface area (Å²) >= 11 is 0. The highest BCUT2D eigenvalue weighted by molar-refractivity contribution is 7.63. The molecule has 1 aromatic carbocycles. The van der Waals surface area contributed by atoms with Crippen LogP contribution < -0.4 is 0 Å². The molecule has 0 radical (unpaired) electrons. The van der Waals surface area contributed by atoms with Gasteiger partial charge in [-0.25, -0.2) is 0 Å². The normalized spacial score (nSPS) is 12.1. The molecule has 0 fully saturated rings. The fourth-order valence-corrected chi connectivity index (χ4v) is 6.30. The maximum Gasteiger partial charge on any atom is 0.0877 e. The van der Waals surface area contributed by atoms with Crippen LogP contribution in [0.3, 0.4) is 0 Å². The van der Waals surface area contributed by atoms with Crippen LogP contribution in [-0.2, 0) is 4.57 Å². The third-order valence-corrected chi connectivity index (χ3v) is 8.28. The molecular formula is C23H39OP. The Hall–Kier alpha value is -0.810. The Bertz CT molecular complexity index is 476. The first kappa shape index (κ1) is 22.2. The zero-order valence-corrected chi connectivity index (χ0v) is 17.5. The summed E-state index contributed by atoms with van der Waals surface area (Å²) in [7, 11) is -1.95. The molecule has 1 aromatic rings. The molecule has 0 atom stereocenters. The molecule has 142 valence electrons. The van der Waals surface area contributed by atoms with E-state index in [0.29, 0.717) is 0 Å². The first-order valence-corrected chi connectivity index (χ1v) is 12.7. The second kappa shape index (κ2) is 14.4. The summed E-state index contributed by atoms with van der Waals surface area (Å²) in [5, 5.41) is 0. The summed E-state index contributed by atoms with van der Waals surface area (Å²) in [6.07, 6.45) is 19.4. The molecule has 0 unspecified atom stereocenters. The molecule has 0 spiro atoms. The minimum Gasteiger partial charge on any atom is -0.324 e. The fourth-order valence-electron chi connectivity index (χ4n) is 3.27. The van der Waals surface area contributed by atoms with Crippen LogP contribution in [0.2, 0.25) is 0 Å². The van der Waals surface area contributed by atoms with Crippen LogP contribution >= 0.6 is 7.14 Å². The Morgan fingerprint density at radius 2 is 1.32 bits per heavy atom. The van der Waals surface area contributed by atoms with Gasteiger partial charge in [-0.3, -0.25) is 0 Å². The Balaban J connectivity index is 2.37. The number of rotatable bonds is 15. The molecule has 1 nitrogen and oxygen atoms in total. The summed E-state index contributed by atoms with van der Waals surface area (Å²) in [5.74, 6) is 0. The van der Waals surface area contributed by atoms with E-state index in [1.54, 1.807) is 0 Å². The van der Waals surface area contributed by atoms with Gasteiger partial charge < -0.3 is 4.57 Å². The standard InChI is InChI=1S/C23H39OP/c1-3-5-7-14-20-25(24,21-15-8-6-4-2)22-16-10-13-19-23-17-11-9-12-18-23/h9,11-13,17-19H,3-8,10,14-16,20-22H2,1-2H3. The third-order valence-electron chi connectivity index (χ3n) is 4.88. The van der Waals surface area contributed by atoms with E-state index in [2.05, 4.69) is 50.3 Å². The fraction of sp³-hybridized carbons (Fsp3) is 0.652. The monoisotopic (exact) mass is 362 g/mol. The summed E-state index contributed by atoms with van der Waals surface area (Å²) in [6, 6.07) is 10.4. The van der Waals surface area contributed by atoms with Gasteiger partial charge >= 0.3 is 0 Å². The average Bonchev–Trinajstić information content (AvgIpc) is 2.63. The largest absolute Gasteiger partial charge is 0.324 e. The summed E-state index contributed by atoms with van der Waals surface area (Å²) in [6.45, 7) is 4.48. The van der Waals surface area contributed by atoms with Crippen molar-refractivity contribution in [3.63, 3.8) is 0 Å². The first-order valence-electron chi connectivity index (χ1n) is 10.5. The molecule has 1 rings (SSSR count). The maximum atomic E-state index is 13.3. The highest BCUT2D eigenvalue weighted by Gasteiger charge is 2.20. The van der Waals surface area contributed by atoms with Crippen molar-refractivity contribution < 1.29 is 4.57 Å². The SMILES string of the molecule is CCCCCCP(=O)(CCCC=Cc1ccccc1)CCCCCC. The third kappa shape index (κ3) is 11.4. The molecule has 2 heteroatoms. The molecule has 0 bridgehead atoms. The maximum absolute atomic E-state index is 13.3. The van der Waals surface area contributed by atoms with Gasteiger partial charge in [0.2, 0.25) is 0 Å². The first-order chi connectivity index (χ1) is 12.2. The van der Waals surface area contributed by atoms with Gasteiger partial charge in [-0.15, -0.1) is 0 Å². The predicted octanol–water partition coefficient (Wildman–Crippen LogP) is 8.00. The second-order valence-electron chi connectivity index (χ2n) is 7.31. The van der Waals surface area contributed by atoms with Gasteiger partial charge in [0, 0.05) is 18.5 Å². The van der Waals surface area contributed by atoms with E-state index in [0.717, 1.165) is 31.3 Å². The molecule has 0 aliphatic heterocycles. The van der Waals surface area contributed by atoms with Crippen molar-refractivity contribution in [2.24, 2.45) is 0 Å². The number of allylic oxidation sites excluding steroid dienone is 1. The van der Waals surface area contributed by atoms with Crippen molar-refractivity contribution in [1.82, 2.24) is 0 Å². The van der Waals surface area contributed by atoms with E-state index in [9.17, 15) is 4.57 Å². The van der Waals surface area contributed by atoms with E-state index >= 15 is 0 Å². The number of unbranched alkanes of at least 4 members (excludes halogenated alkanes) is 7. The van der Waals surface area contributed by atoms with Gasteiger partial charge in [-0.2, -0.15) is 0 Å². The van der Waals surface area contributed by atoms with Crippen LogP contribution in [0.5, 0.6) is 0 Å². The van der Waals surface area contributed by atoms with Gasteiger partial charge in [-0.1, -0.05) is 94.9 Å². The molecule has 0 aliphatic carbocycles. The summed E-state index contributed by atoms with van der Waals surface area (Å²) in [4.78, 5) is 0. The Labute approximate surface area is 156 Å². The van der Waals surface area contributed by atoms with E-state index in [-0.39, 0.29) is 0 Å². The lowest BCUT2D eigenvalue weighted by Gasteiger charge is -2.18. The van der Waals surface area contributed by atoms with Crippen molar-refractivity contribution in [2.45, 2.75) is 78.1 Å². The number of benzene rings is 1. The van der Waals surface area contributed by atoms with Crippen molar-refractivity contribution in [1.29, 1.82) is 0 Å². The molecule has 0 heterocycles. The lowest BCUT2D eigenvalue weighted by molar-refractivity contribution is 0.563. The molecular weight excluding hydrogens is 323 g/mol. The van der Waals surface area contributed by atoms with Crippen LogP contribution in [0, 0.1) is 0 Å².